The molecule has 0 bridgehead atoms. The number of aromatic nitrogens is 2. The highest BCUT2D eigenvalue weighted by Gasteiger charge is 2.10. The first-order valence-electron chi connectivity index (χ1n) is 3.86. The van der Waals surface area contributed by atoms with Gasteiger partial charge in [-0.25, -0.2) is 14.8 Å². The van der Waals surface area contributed by atoms with Gasteiger partial charge in [-0.3, -0.25) is 5.32 Å². The number of nitrogens with zero attached hydrogens (tertiary/aromatic N) is 2. The topological polar surface area (TPSA) is 66.9 Å². The van der Waals surface area contributed by atoms with Crippen LogP contribution in [0.2, 0.25) is 5.15 Å². The van der Waals surface area contributed by atoms with Gasteiger partial charge >= 0.3 is 6.03 Å². The first kappa shape index (κ1) is 10.6. The summed E-state index contributed by atoms with van der Waals surface area (Å²) in [7, 11) is 0. The molecule has 0 radical (unpaired) electrons. The summed E-state index contributed by atoms with van der Waals surface area (Å²) in [6.07, 6.45) is 1.06. The van der Waals surface area contributed by atoms with E-state index in [-0.39, 0.29) is 11.0 Å². The molecule has 0 fully saturated rings. The average molecular weight is 219 g/mol. The van der Waals surface area contributed by atoms with Crippen LogP contribution in [0.4, 0.5) is 15.0 Å². The lowest BCUT2D eigenvalue weighted by Crippen LogP contribution is -2.29. The Morgan fingerprint density at radius 2 is 2.36 bits per heavy atom. The van der Waals surface area contributed by atoms with E-state index in [1.807, 2.05) is 0 Å². The van der Waals surface area contributed by atoms with E-state index in [1.54, 1.807) is 6.92 Å². The van der Waals surface area contributed by atoms with E-state index >= 15 is 0 Å². The van der Waals surface area contributed by atoms with E-state index in [9.17, 15) is 9.18 Å². The Bertz CT molecular complexity index is 346. The molecule has 1 aromatic rings. The van der Waals surface area contributed by atoms with E-state index in [4.69, 9.17) is 11.6 Å². The highest BCUT2D eigenvalue weighted by molar-refractivity contribution is 6.29. The maximum Gasteiger partial charge on any atom is 0.320 e. The third-order valence-electron chi connectivity index (χ3n) is 1.32. The normalized spacial score (nSPS) is 9.64. The summed E-state index contributed by atoms with van der Waals surface area (Å²) in [6.45, 7) is 2.18. The molecule has 14 heavy (non-hydrogen) atoms. The number of carbonyl (C=O) groups is 1. The van der Waals surface area contributed by atoms with Gasteiger partial charge in [0.1, 0.15) is 6.33 Å². The molecule has 0 saturated carbocycles. The minimum atomic E-state index is -0.847. The quantitative estimate of drug-likeness (QED) is 0.738. The van der Waals surface area contributed by atoms with Crippen molar-refractivity contribution in [2.45, 2.75) is 6.92 Å². The molecule has 0 aliphatic rings. The summed E-state index contributed by atoms with van der Waals surface area (Å²) < 4.78 is 13.1. The summed E-state index contributed by atoms with van der Waals surface area (Å²) in [4.78, 5) is 17.9. The SMILES string of the molecule is CCNC(=O)Nc1ncnc(Cl)c1F. The molecule has 0 aromatic carbocycles. The maximum atomic E-state index is 13.1. The lowest BCUT2D eigenvalue weighted by Gasteiger charge is -2.05. The van der Waals surface area contributed by atoms with Crippen molar-refractivity contribution in [3.63, 3.8) is 0 Å². The zero-order chi connectivity index (χ0) is 10.6. The number of carbonyl (C=O) groups excluding carboxylic acids is 1. The number of urea groups is 1. The van der Waals surface area contributed by atoms with Crippen LogP contribution in [0.25, 0.3) is 0 Å². The van der Waals surface area contributed by atoms with Crippen molar-refractivity contribution in [2.24, 2.45) is 0 Å². The fourth-order valence-electron chi connectivity index (χ4n) is 0.748. The molecule has 7 heteroatoms. The van der Waals surface area contributed by atoms with Gasteiger partial charge in [-0.2, -0.15) is 4.39 Å². The van der Waals surface area contributed by atoms with Crippen molar-refractivity contribution in [3.05, 3.63) is 17.3 Å². The largest absolute Gasteiger partial charge is 0.338 e. The lowest BCUT2D eigenvalue weighted by molar-refractivity contribution is 0.252. The summed E-state index contributed by atoms with van der Waals surface area (Å²) in [5, 5.41) is 4.28. The predicted molar refractivity (Wildman–Crippen MR) is 49.7 cm³/mol. The average Bonchev–Trinajstić information content (AvgIpc) is 2.13. The Morgan fingerprint density at radius 1 is 1.64 bits per heavy atom. The molecule has 1 heterocycles. The minimum Gasteiger partial charge on any atom is -0.338 e. The van der Waals surface area contributed by atoms with Crippen molar-refractivity contribution < 1.29 is 9.18 Å². The smallest absolute Gasteiger partial charge is 0.320 e. The number of rotatable bonds is 2. The van der Waals surface area contributed by atoms with Gasteiger partial charge in [0.05, 0.1) is 0 Å². The molecule has 0 unspecified atom stereocenters. The van der Waals surface area contributed by atoms with Gasteiger partial charge in [0.25, 0.3) is 0 Å². The van der Waals surface area contributed by atoms with E-state index in [2.05, 4.69) is 20.6 Å². The third kappa shape index (κ3) is 2.53. The molecular weight excluding hydrogens is 211 g/mol. The van der Waals surface area contributed by atoms with E-state index in [0.717, 1.165) is 6.33 Å². The van der Waals surface area contributed by atoms with Crippen molar-refractivity contribution in [3.8, 4) is 0 Å². The van der Waals surface area contributed by atoms with Crippen LogP contribution in [0.15, 0.2) is 6.33 Å². The van der Waals surface area contributed by atoms with Crippen LogP contribution in [-0.2, 0) is 0 Å². The van der Waals surface area contributed by atoms with Gasteiger partial charge in [-0.05, 0) is 6.92 Å². The maximum absolute atomic E-state index is 13.1. The standard InChI is InChI=1S/C7H8ClFN4O/c1-2-10-7(14)13-6-4(9)5(8)11-3-12-6/h3H,2H2,1H3,(H2,10,11,12,13,14). The molecule has 5 nitrogen and oxygen atoms in total. The Kier molecular flexibility index (Phi) is 3.58. The number of anilines is 1. The number of hydrogen-bond donors (Lipinski definition) is 2. The number of amides is 2. The van der Waals surface area contributed by atoms with Crippen LogP contribution >= 0.6 is 11.6 Å². The Morgan fingerprint density at radius 3 is 3.00 bits per heavy atom. The van der Waals surface area contributed by atoms with E-state index in [1.165, 1.54) is 0 Å². The van der Waals surface area contributed by atoms with E-state index < -0.39 is 11.8 Å². The molecule has 76 valence electrons. The van der Waals surface area contributed by atoms with Crippen LogP contribution < -0.4 is 10.6 Å². The second-order valence-electron chi connectivity index (χ2n) is 2.31. The van der Waals surface area contributed by atoms with Crippen molar-refractivity contribution in [1.29, 1.82) is 0 Å². The van der Waals surface area contributed by atoms with Crippen LogP contribution in [0.1, 0.15) is 6.92 Å². The minimum absolute atomic E-state index is 0.240. The zero-order valence-electron chi connectivity index (χ0n) is 7.34. The van der Waals surface area contributed by atoms with Gasteiger partial charge < -0.3 is 5.32 Å². The number of halogens is 2. The van der Waals surface area contributed by atoms with E-state index in [0.29, 0.717) is 6.54 Å². The van der Waals surface area contributed by atoms with Crippen LogP contribution in [0.3, 0.4) is 0 Å². The predicted octanol–water partition coefficient (Wildman–Crippen LogP) is 1.41. The zero-order valence-corrected chi connectivity index (χ0v) is 8.10. The van der Waals surface area contributed by atoms with Gasteiger partial charge in [-0.15, -0.1) is 0 Å². The highest BCUT2D eigenvalue weighted by atomic mass is 35.5. The summed E-state index contributed by atoms with van der Waals surface area (Å²) in [6, 6.07) is -0.541. The monoisotopic (exact) mass is 218 g/mol. The summed E-state index contributed by atoms with van der Waals surface area (Å²) in [5.41, 5.74) is 0. The molecule has 1 rings (SSSR count). The Balaban J connectivity index is 2.76. The highest BCUT2D eigenvalue weighted by Crippen LogP contribution is 2.16. The second kappa shape index (κ2) is 4.71. The molecule has 0 aliphatic carbocycles. The molecular formula is C7H8ClFN4O. The first-order chi connectivity index (χ1) is 6.65. The fourth-order valence-corrected chi connectivity index (χ4v) is 0.881. The molecule has 1 aromatic heterocycles. The Hall–Kier alpha value is -1.43. The molecule has 2 N–H and O–H groups in total. The van der Waals surface area contributed by atoms with Crippen molar-refractivity contribution in [2.75, 3.05) is 11.9 Å². The van der Waals surface area contributed by atoms with Gasteiger partial charge in [0.2, 0.25) is 5.82 Å². The van der Waals surface area contributed by atoms with Crippen molar-refractivity contribution in [1.82, 2.24) is 15.3 Å². The number of nitrogens with one attached hydrogen (secondary N) is 2. The molecule has 0 aliphatic heterocycles. The van der Waals surface area contributed by atoms with Crippen LogP contribution in [0.5, 0.6) is 0 Å². The molecule has 0 spiro atoms. The summed E-state index contributed by atoms with van der Waals surface area (Å²) in [5.74, 6) is -1.09. The molecule has 0 saturated heterocycles. The van der Waals surface area contributed by atoms with Crippen LogP contribution in [-0.4, -0.2) is 22.5 Å². The Labute approximate surface area is 84.7 Å². The van der Waals surface area contributed by atoms with Crippen LogP contribution in [0, 0.1) is 5.82 Å². The third-order valence-corrected chi connectivity index (χ3v) is 1.58. The van der Waals surface area contributed by atoms with Gasteiger partial charge in [-0.1, -0.05) is 11.6 Å². The summed E-state index contributed by atoms with van der Waals surface area (Å²) >= 11 is 5.38. The number of hydrogen-bond acceptors (Lipinski definition) is 3. The van der Waals surface area contributed by atoms with Gasteiger partial charge in [0, 0.05) is 6.54 Å². The molecule has 0 atom stereocenters. The fraction of sp³-hybridized carbons (Fsp3) is 0.286. The first-order valence-corrected chi connectivity index (χ1v) is 4.23. The lowest BCUT2D eigenvalue weighted by atomic mass is 10.5. The second-order valence-corrected chi connectivity index (χ2v) is 2.67. The van der Waals surface area contributed by atoms with Gasteiger partial charge in [0.15, 0.2) is 11.0 Å². The molecule has 2 amide bonds. The van der Waals surface area contributed by atoms with Crippen molar-refractivity contribution >= 4 is 23.4 Å².